The van der Waals surface area contributed by atoms with Crippen LogP contribution >= 0.6 is 0 Å². The van der Waals surface area contributed by atoms with Gasteiger partial charge in [0.25, 0.3) is 0 Å². The molecule has 1 heterocycles. The minimum absolute atomic E-state index is 0.181. The zero-order valence-corrected chi connectivity index (χ0v) is 10.6. The van der Waals surface area contributed by atoms with Crippen LogP contribution in [0.2, 0.25) is 0 Å². The van der Waals surface area contributed by atoms with Gasteiger partial charge in [0.1, 0.15) is 0 Å². The van der Waals surface area contributed by atoms with Crippen molar-refractivity contribution in [3.8, 4) is 0 Å². The lowest BCUT2D eigenvalue weighted by Gasteiger charge is -2.31. The maximum atomic E-state index is 11.9. The Kier molecular flexibility index (Phi) is 3.87. The van der Waals surface area contributed by atoms with Crippen LogP contribution in [0.4, 0.5) is 0 Å². The fraction of sp³-hybridized carbons (Fsp3) is 1.00. The smallest absolute Gasteiger partial charge is 0.214 e. The molecule has 2 fully saturated rings. The number of nitrogens with zero attached hydrogens (tertiary/aromatic N) is 1. The molecule has 5 heteroatoms. The largest absolute Gasteiger partial charge is 0.330 e. The molecule has 0 radical (unpaired) electrons. The quantitative estimate of drug-likeness (QED) is 0.737. The second-order valence-corrected chi connectivity index (χ2v) is 7.02. The first-order valence-electron chi connectivity index (χ1n) is 6.35. The molecule has 0 bridgehead atoms. The minimum Gasteiger partial charge on any atom is -0.330 e. The Balaban J connectivity index is 2.16. The van der Waals surface area contributed by atoms with Crippen molar-refractivity contribution in [2.75, 3.05) is 18.8 Å². The van der Waals surface area contributed by atoms with E-state index in [2.05, 4.69) is 0 Å². The standard InChI is InChI=1S/C11H22N2O2S/c12-9-10-5-2-1-3-6-11(10)13-7-4-8-16(13,14)15/h10-11H,1-9,12H2. The van der Waals surface area contributed by atoms with Crippen molar-refractivity contribution in [3.63, 3.8) is 0 Å². The molecule has 0 spiro atoms. The first kappa shape index (κ1) is 12.3. The summed E-state index contributed by atoms with van der Waals surface area (Å²) in [4.78, 5) is 0. The van der Waals surface area contributed by atoms with Gasteiger partial charge in [0, 0.05) is 12.6 Å². The Morgan fingerprint density at radius 2 is 1.88 bits per heavy atom. The molecule has 94 valence electrons. The van der Waals surface area contributed by atoms with Crippen LogP contribution in [0.1, 0.15) is 38.5 Å². The predicted molar refractivity (Wildman–Crippen MR) is 64.5 cm³/mol. The van der Waals surface area contributed by atoms with Gasteiger partial charge in [-0.1, -0.05) is 19.3 Å². The second-order valence-electron chi connectivity index (χ2n) is 4.98. The summed E-state index contributed by atoms with van der Waals surface area (Å²) >= 11 is 0. The fourth-order valence-electron chi connectivity index (χ4n) is 3.05. The van der Waals surface area contributed by atoms with Crippen LogP contribution < -0.4 is 5.73 Å². The summed E-state index contributed by atoms with van der Waals surface area (Å²) in [5, 5.41) is 0. The van der Waals surface area contributed by atoms with Crippen molar-refractivity contribution in [1.82, 2.24) is 4.31 Å². The SMILES string of the molecule is NCC1CCCCCC1N1CCCS1(=O)=O. The lowest BCUT2D eigenvalue weighted by molar-refractivity contribution is 0.239. The maximum absolute atomic E-state index is 11.9. The van der Waals surface area contributed by atoms with E-state index in [1.807, 2.05) is 0 Å². The summed E-state index contributed by atoms with van der Waals surface area (Å²) in [5.74, 6) is 0.705. The highest BCUT2D eigenvalue weighted by Crippen LogP contribution is 2.31. The third kappa shape index (κ3) is 2.41. The molecule has 1 aliphatic heterocycles. The molecule has 0 aromatic carbocycles. The van der Waals surface area contributed by atoms with Crippen LogP contribution in [0.15, 0.2) is 0 Å². The van der Waals surface area contributed by atoms with Gasteiger partial charge in [-0.25, -0.2) is 8.42 Å². The van der Waals surface area contributed by atoms with E-state index in [0.717, 1.165) is 25.7 Å². The molecule has 2 rings (SSSR count). The highest BCUT2D eigenvalue weighted by atomic mass is 32.2. The first-order valence-corrected chi connectivity index (χ1v) is 7.95. The van der Waals surface area contributed by atoms with Gasteiger partial charge in [0.15, 0.2) is 0 Å². The number of nitrogens with two attached hydrogens (primary N) is 1. The molecule has 4 nitrogen and oxygen atoms in total. The molecule has 2 aliphatic rings. The Bertz CT molecular complexity index is 329. The van der Waals surface area contributed by atoms with Crippen molar-refractivity contribution in [2.45, 2.75) is 44.6 Å². The normalized spacial score (nSPS) is 36.1. The van der Waals surface area contributed by atoms with Gasteiger partial charge < -0.3 is 5.73 Å². The van der Waals surface area contributed by atoms with Crippen LogP contribution in [0.25, 0.3) is 0 Å². The molecular formula is C11H22N2O2S. The summed E-state index contributed by atoms with van der Waals surface area (Å²) in [6.07, 6.45) is 6.45. The van der Waals surface area contributed by atoms with E-state index in [-0.39, 0.29) is 6.04 Å². The molecule has 16 heavy (non-hydrogen) atoms. The number of hydrogen-bond donors (Lipinski definition) is 1. The second kappa shape index (κ2) is 5.02. The Morgan fingerprint density at radius 3 is 2.50 bits per heavy atom. The van der Waals surface area contributed by atoms with Crippen LogP contribution in [0, 0.1) is 5.92 Å². The molecule has 0 aromatic heterocycles. The number of sulfonamides is 1. The van der Waals surface area contributed by atoms with Gasteiger partial charge in [-0.15, -0.1) is 0 Å². The average Bonchev–Trinajstić information content (AvgIpc) is 2.50. The van der Waals surface area contributed by atoms with Gasteiger partial charge in [-0.3, -0.25) is 0 Å². The van der Waals surface area contributed by atoms with Crippen molar-refractivity contribution in [2.24, 2.45) is 11.7 Å². The van der Waals surface area contributed by atoms with Gasteiger partial charge in [0.2, 0.25) is 10.0 Å². The molecule has 1 saturated heterocycles. The van der Waals surface area contributed by atoms with Gasteiger partial charge >= 0.3 is 0 Å². The van der Waals surface area contributed by atoms with Crippen LogP contribution in [-0.2, 0) is 10.0 Å². The summed E-state index contributed by atoms with van der Waals surface area (Å²) in [6, 6.07) is 0.181. The first-order chi connectivity index (χ1) is 7.65. The van der Waals surface area contributed by atoms with E-state index in [0.29, 0.717) is 24.8 Å². The lowest BCUT2D eigenvalue weighted by atomic mass is 9.95. The van der Waals surface area contributed by atoms with E-state index in [4.69, 9.17) is 5.73 Å². The van der Waals surface area contributed by atoms with E-state index in [1.165, 1.54) is 12.8 Å². The summed E-state index contributed by atoms with van der Waals surface area (Å²) in [6.45, 7) is 1.33. The summed E-state index contributed by atoms with van der Waals surface area (Å²) in [5.41, 5.74) is 5.80. The fourth-order valence-corrected chi connectivity index (χ4v) is 4.88. The lowest BCUT2D eigenvalue weighted by Crippen LogP contribution is -2.43. The number of rotatable bonds is 2. The Hall–Kier alpha value is -0.130. The number of hydrogen-bond acceptors (Lipinski definition) is 3. The third-order valence-electron chi connectivity index (χ3n) is 3.93. The maximum Gasteiger partial charge on any atom is 0.214 e. The van der Waals surface area contributed by atoms with Gasteiger partial charge in [-0.2, -0.15) is 4.31 Å². The zero-order valence-electron chi connectivity index (χ0n) is 9.77. The van der Waals surface area contributed by atoms with E-state index >= 15 is 0 Å². The van der Waals surface area contributed by atoms with Crippen LogP contribution in [0.5, 0.6) is 0 Å². The zero-order chi connectivity index (χ0) is 11.6. The average molecular weight is 246 g/mol. The Labute approximate surface area is 98.2 Å². The van der Waals surface area contributed by atoms with E-state index in [9.17, 15) is 8.42 Å². The minimum atomic E-state index is -2.97. The third-order valence-corrected chi connectivity index (χ3v) is 5.90. The van der Waals surface area contributed by atoms with Crippen LogP contribution in [-0.4, -0.2) is 37.6 Å². The topological polar surface area (TPSA) is 63.4 Å². The van der Waals surface area contributed by atoms with Crippen molar-refractivity contribution in [3.05, 3.63) is 0 Å². The van der Waals surface area contributed by atoms with Crippen molar-refractivity contribution < 1.29 is 8.42 Å². The monoisotopic (exact) mass is 246 g/mol. The molecule has 1 saturated carbocycles. The molecule has 2 unspecified atom stereocenters. The van der Waals surface area contributed by atoms with Crippen molar-refractivity contribution >= 4 is 10.0 Å². The van der Waals surface area contributed by atoms with Crippen molar-refractivity contribution in [1.29, 1.82) is 0 Å². The highest BCUT2D eigenvalue weighted by Gasteiger charge is 2.38. The molecule has 1 aliphatic carbocycles. The summed E-state index contributed by atoms with van der Waals surface area (Å²) < 4.78 is 25.6. The van der Waals surface area contributed by atoms with Crippen LogP contribution in [0.3, 0.4) is 0 Å². The summed E-state index contributed by atoms with van der Waals surface area (Å²) in [7, 11) is -2.97. The Morgan fingerprint density at radius 1 is 1.12 bits per heavy atom. The molecular weight excluding hydrogens is 224 g/mol. The van der Waals surface area contributed by atoms with Gasteiger partial charge in [0.05, 0.1) is 5.75 Å². The molecule has 2 atom stereocenters. The predicted octanol–water partition coefficient (Wildman–Crippen LogP) is 0.929. The molecule has 0 amide bonds. The van der Waals surface area contributed by atoms with E-state index in [1.54, 1.807) is 4.31 Å². The van der Waals surface area contributed by atoms with E-state index < -0.39 is 10.0 Å². The molecule has 0 aromatic rings. The highest BCUT2D eigenvalue weighted by molar-refractivity contribution is 7.89. The molecule has 2 N–H and O–H groups in total. The van der Waals surface area contributed by atoms with Gasteiger partial charge in [-0.05, 0) is 31.7 Å².